The minimum absolute atomic E-state index is 0.0106. The number of nitrogens with zero attached hydrogens (tertiary/aromatic N) is 4. The van der Waals surface area contributed by atoms with Crippen LogP contribution < -0.4 is 10.2 Å². The predicted molar refractivity (Wildman–Crippen MR) is 120 cm³/mol. The molecule has 0 saturated carbocycles. The highest BCUT2D eigenvalue weighted by atomic mass is 16.2. The van der Waals surface area contributed by atoms with Gasteiger partial charge in [-0.05, 0) is 24.6 Å². The molecule has 2 atom stereocenters. The molecule has 7 nitrogen and oxygen atoms in total. The number of carbonyl (C=O) groups is 2. The van der Waals surface area contributed by atoms with Gasteiger partial charge in [-0.25, -0.2) is 4.98 Å². The quantitative estimate of drug-likeness (QED) is 0.738. The summed E-state index contributed by atoms with van der Waals surface area (Å²) in [6.45, 7) is 7.69. The molecule has 31 heavy (non-hydrogen) atoms. The Balaban J connectivity index is 1.21. The third kappa shape index (κ3) is 5.61. The van der Waals surface area contributed by atoms with E-state index in [4.69, 9.17) is 0 Å². The van der Waals surface area contributed by atoms with Crippen LogP contribution in [0, 0.1) is 5.92 Å². The second-order valence-electron chi connectivity index (χ2n) is 8.55. The van der Waals surface area contributed by atoms with Gasteiger partial charge in [0.25, 0.3) is 0 Å². The number of aromatic nitrogens is 1. The van der Waals surface area contributed by atoms with Crippen molar-refractivity contribution in [3.63, 3.8) is 0 Å². The lowest BCUT2D eigenvalue weighted by molar-refractivity contribution is -0.129. The zero-order valence-electron chi connectivity index (χ0n) is 18.1. The summed E-state index contributed by atoms with van der Waals surface area (Å²) in [5.41, 5.74) is 1.09. The lowest BCUT2D eigenvalue weighted by atomic mass is 10.1. The van der Waals surface area contributed by atoms with Gasteiger partial charge in [0.1, 0.15) is 5.82 Å². The van der Waals surface area contributed by atoms with Crippen molar-refractivity contribution in [1.29, 1.82) is 0 Å². The van der Waals surface area contributed by atoms with Gasteiger partial charge >= 0.3 is 0 Å². The van der Waals surface area contributed by atoms with Gasteiger partial charge in [0.05, 0.1) is 5.92 Å². The first-order chi connectivity index (χ1) is 15.1. The molecular formula is C24H31N5O2. The maximum Gasteiger partial charge on any atom is 0.225 e. The fraction of sp³-hybridized carbons (Fsp3) is 0.458. The Morgan fingerprint density at radius 3 is 2.55 bits per heavy atom. The molecule has 0 aliphatic carbocycles. The summed E-state index contributed by atoms with van der Waals surface area (Å²) in [7, 11) is 0. The molecule has 2 aromatic rings. The van der Waals surface area contributed by atoms with Crippen molar-refractivity contribution in [2.24, 2.45) is 5.92 Å². The molecule has 0 bridgehead atoms. The van der Waals surface area contributed by atoms with Gasteiger partial charge in [-0.3, -0.25) is 14.5 Å². The lowest BCUT2D eigenvalue weighted by Crippen LogP contribution is -2.51. The van der Waals surface area contributed by atoms with Gasteiger partial charge in [0.2, 0.25) is 11.8 Å². The molecule has 7 heteroatoms. The molecule has 0 spiro atoms. The summed E-state index contributed by atoms with van der Waals surface area (Å²) in [6, 6.07) is 16.0. The number of hydrogen-bond acceptors (Lipinski definition) is 5. The number of nitrogens with one attached hydrogen (secondary N) is 1. The van der Waals surface area contributed by atoms with Crippen LogP contribution in [0.1, 0.15) is 18.9 Å². The third-order valence-electron chi connectivity index (χ3n) is 6.07. The van der Waals surface area contributed by atoms with E-state index in [1.54, 1.807) is 4.90 Å². The van der Waals surface area contributed by atoms with Crippen molar-refractivity contribution in [2.45, 2.75) is 25.9 Å². The first-order valence-corrected chi connectivity index (χ1v) is 11.1. The van der Waals surface area contributed by atoms with Crippen molar-refractivity contribution >= 4 is 17.6 Å². The van der Waals surface area contributed by atoms with E-state index in [1.807, 2.05) is 61.7 Å². The molecular weight excluding hydrogens is 390 g/mol. The van der Waals surface area contributed by atoms with Crippen LogP contribution >= 0.6 is 0 Å². The summed E-state index contributed by atoms with van der Waals surface area (Å²) in [4.78, 5) is 36.0. The largest absolute Gasteiger partial charge is 0.354 e. The number of hydrogen-bond donors (Lipinski definition) is 1. The summed E-state index contributed by atoms with van der Waals surface area (Å²) in [6.07, 6.45) is 2.13. The maximum absolute atomic E-state index is 12.8. The predicted octanol–water partition coefficient (Wildman–Crippen LogP) is 1.76. The molecule has 1 aromatic heterocycles. The summed E-state index contributed by atoms with van der Waals surface area (Å²) in [5.74, 6) is 0.806. The van der Waals surface area contributed by atoms with Crippen LogP contribution in [-0.4, -0.2) is 71.9 Å². The molecule has 2 fully saturated rings. The first-order valence-electron chi connectivity index (χ1n) is 11.1. The Hall–Kier alpha value is -2.93. The van der Waals surface area contributed by atoms with E-state index in [0.717, 1.165) is 44.1 Å². The van der Waals surface area contributed by atoms with Crippen molar-refractivity contribution in [1.82, 2.24) is 20.1 Å². The highest BCUT2D eigenvalue weighted by Crippen LogP contribution is 2.20. The summed E-state index contributed by atoms with van der Waals surface area (Å²) >= 11 is 0. The number of pyridine rings is 1. The van der Waals surface area contributed by atoms with Gasteiger partial charge in [-0.15, -0.1) is 0 Å². The van der Waals surface area contributed by atoms with Crippen LogP contribution in [0.25, 0.3) is 0 Å². The number of carbonyl (C=O) groups excluding carboxylic acids is 2. The molecule has 2 aliphatic rings. The van der Waals surface area contributed by atoms with E-state index < -0.39 is 0 Å². The Morgan fingerprint density at radius 2 is 1.84 bits per heavy atom. The molecule has 4 rings (SSSR count). The molecule has 2 saturated heterocycles. The average molecular weight is 422 g/mol. The monoisotopic (exact) mass is 421 g/mol. The van der Waals surface area contributed by atoms with Crippen LogP contribution in [0.5, 0.6) is 0 Å². The highest BCUT2D eigenvalue weighted by Gasteiger charge is 2.34. The molecule has 1 N–H and O–H groups in total. The maximum atomic E-state index is 12.8. The van der Waals surface area contributed by atoms with Gasteiger partial charge in [-0.1, -0.05) is 36.4 Å². The number of benzene rings is 1. The van der Waals surface area contributed by atoms with Crippen LogP contribution in [0.4, 0.5) is 5.82 Å². The van der Waals surface area contributed by atoms with Crippen LogP contribution in [0.3, 0.4) is 0 Å². The Morgan fingerprint density at radius 1 is 1.10 bits per heavy atom. The summed E-state index contributed by atoms with van der Waals surface area (Å²) < 4.78 is 0. The second-order valence-corrected chi connectivity index (χ2v) is 8.55. The fourth-order valence-corrected chi connectivity index (χ4v) is 4.40. The fourth-order valence-electron chi connectivity index (χ4n) is 4.40. The van der Waals surface area contributed by atoms with Crippen molar-refractivity contribution in [3.05, 3.63) is 60.3 Å². The molecule has 0 radical (unpaired) electrons. The van der Waals surface area contributed by atoms with Crippen LogP contribution in [0.2, 0.25) is 0 Å². The van der Waals surface area contributed by atoms with Gasteiger partial charge in [0.15, 0.2) is 0 Å². The van der Waals surface area contributed by atoms with E-state index in [2.05, 4.69) is 20.1 Å². The van der Waals surface area contributed by atoms with Gasteiger partial charge in [-0.2, -0.15) is 0 Å². The van der Waals surface area contributed by atoms with Gasteiger partial charge < -0.3 is 15.1 Å². The zero-order valence-corrected chi connectivity index (χ0v) is 18.1. The SMILES string of the molecule is CC(CN1CCN(c2ccccn2)CC1)NC(=O)C1CC(=O)N(Cc2ccccc2)C1. The Kier molecular flexibility index (Phi) is 6.82. The molecule has 164 valence electrons. The normalized spacial score (nSPS) is 20.7. The van der Waals surface area contributed by atoms with E-state index in [9.17, 15) is 9.59 Å². The third-order valence-corrected chi connectivity index (χ3v) is 6.07. The van der Waals surface area contributed by atoms with E-state index >= 15 is 0 Å². The minimum atomic E-state index is -0.264. The minimum Gasteiger partial charge on any atom is -0.354 e. The number of rotatable bonds is 7. The van der Waals surface area contributed by atoms with E-state index in [0.29, 0.717) is 19.5 Å². The Bertz CT molecular complexity index is 868. The molecule has 2 aliphatic heterocycles. The number of amides is 2. The molecule has 3 heterocycles. The number of likely N-dealkylation sites (tertiary alicyclic amines) is 1. The van der Waals surface area contributed by atoms with E-state index in [-0.39, 0.29) is 23.8 Å². The zero-order chi connectivity index (χ0) is 21.6. The van der Waals surface area contributed by atoms with Crippen molar-refractivity contribution in [2.75, 3.05) is 44.2 Å². The molecule has 2 unspecified atom stereocenters. The topological polar surface area (TPSA) is 68.8 Å². The first kappa shape index (κ1) is 21.3. The van der Waals surface area contributed by atoms with E-state index in [1.165, 1.54) is 0 Å². The number of anilines is 1. The average Bonchev–Trinajstić information content (AvgIpc) is 3.16. The summed E-state index contributed by atoms with van der Waals surface area (Å²) in [5, 5.41) is 3.13. The lowest BCUT2D eigenvalue weighted by Gasteiger charge is -2.36. The van der Waals surface area contributed by atoms with Crippen LogP contribution in [0.15, 0.2) is 54.7 Å². The van der Waals surface area contributed by atoms with Crippen LogP contribution in [-0.2, 0) is 16.1 Å². The smallest absolute Gasteiger partial charge is 0.225 e. The molecule has 1 aromatic carbocycles. The standard InChI is InChI=1S/C24H31N5O2/c1-19(16-27-11-13-28(14-12-27)22-9-5-6-10-25-22)26-24(31)21-15-23(30)29(18-21)17-20-7-3-2-4-8-20/h2-10,19,21H,11-18H2,1H3,(H,26,31). The number of piperazine rings is 1. The highest BCUT2D eigenvalue weighted by molar-refractivity contribution is 5.89. The molecule has 2 amide bonds. The van der Waals surface area contributed by atoms with Crippen molar-refractivity contribution in [3.8, 4) is 0 Å². The second kappa shape index (κ2) is 9.92. The van der Waals surface area contributed by atoms with Gasteiger partial charge in [0, 0.05) is 64.5 Å². The van der Waals surface area contributed by atoms with Crippen molar-refractivity contribution < 1.29 is 9.59 Å². The Labute approximate surface area is 184 Å².